The molecule has 2 aliphatic heterocycles. The normalized spacial score (nSPS) is 20.9. The average Bonchev–Trinajstić information content (AvgIpc) is 3.89. The smallest absolute Gasteiger partial charge is 0.209 e. The minimum Gasteiger partial charge on any atom is -0.385 e. The number of anilines is 3. The lowest BCUT2D eigenvalue weighted by Gasteiger charge is -2.42. The molecular weight excluding hydrogens is 806 g/mol. The zero-order valence-electron chi connectivity index (χ0n) is 36.9. The number of hydrogen-bond acceptors (Lipinski definition) is 4. The van der Waals surface area contributed by atoms with Crippen LogP contribution < -0.4 is 9.80 Å². The summed E-state index contributed by atoms with van der Waals surface area (Å²) < 4.78 is 13.8. The second kappa shape index (κ2) is 19.3. The van der Waals surface area contributed by atoms with E-state index < -0.39 is 0 Å². The molecule has 2 fully saturated rings. The Morgan fingerprint density at radius 1 is 0.710 bits per heavy atom. The number of nitrogens with zero attached hydrogens (tertiary/aromatic N) is 3. The molecule has 0 bridgehead atoms. The molecule has 9 rings (SSSR count). The van der Waals surface area contributed by atoms with Crippen molar-refractivity contribution < 1.29 is 14.0 Å². The standard InChI is InChI=1S/C55H64Cl2N3O2/c1-61-37-15-35-58-49-27-25-43(56)39-47(49)54(31-11-5-12-32-54)51(58)29-23-41-21-22-42(53(41)60(45-17-7-3-8-18-45)46-19-9-4-10-20-46)24-30-52-55(33-13-6-14-34-55)48-40-44(57)26-28-50(48)59(52)36-16-38-62-2/h3-4,7-10,17-20,23-29,39-40,52H,5-6,11-16,21-22,30-38H2,1-2H3/q+1/b42-24+. The van der Waals surface area contributed by atoms with Gasteiger partial charge in [-0.25, -0.2) is 0 Å². The summed E-state index contributed by atoms with van der Waals surface area (Å²) in [4.78, 5) is 5.27. The lowest BCUT2D eigenvalue weighted by molar-refractivity contribution is -0.439. The fraction of sp³-hybridized carbons (Fsp3) is 0.436. The monoisotopic (exact) mass is 868 g/mol. The maximum absolute atomic E-state index is 6.83. The molecule has 1 unspecified atom stereocenters. The van der Waals surface area contributed by atoms with Gasteiger partial charge in [0, 0.05) is 90.1 Å². The van der Waals surface area contributed by atoms with Gasteiger partial charge < -0.3 is 19.3 Å². The van der Waals surface area contributed by atoms with Crippen LogP contribution in [0.25, 0.3) is 0 Å². The number of halogens is 2. The van der Waals surface area contributed by atoms with Crippen LogP contribution in [0.2, 0.25) is 10.0 Å². The quantitative estimate of drug-likeness (QED) is 0.0879. The third-order valence-corrected chi connectivity index (χ3v) is 15.3. The molecule has 0 saturated heterocycles. The van der Waals surface area contributed by atoms with Crippen molar-refractivity contribution in [2.24, 2.45) is 0 Å². The van der Waals surface area contributed by atoms with Crippen LogP contribution in [0.5, 0.6) is 0 Å². The summed E-state index contributed by atoms with van der Waals surface area (Å²) in [7, 11) is 3.63. The Hall–Kier alpha value is -4.13. The summed E-state index contributed by atoms with van der Waals surface area (Å²) in [6, 6.07) is 35.7. The van der Waals surface area contributed by atoms with Gasteiger partial charge in [-0.3, -0.25) is 0 Å². The Kier molecular flexibility index (Phi) is 13.4. The maximum atomic E-state index is 6.83. The second-order valence-corrected chi connectivity index (χ2v) is 19.2. The van der Waals surface area contributed by atoms with Crippen molar-refractivity contribution in [1.29, 1.82) is 0 Å². The number of benzene rings is 4. The molecule has 2 saturated carbocycles. The predicted molar refractivity (Wildman–Crippen MR) is 259 cm³/mol. The molecule has 62 heavy (non-hydrogen) atoms. The first-order chi connectivity index (χ1) is 30.5. The molecule has 3 aliphatic carbocycles. The number of ether oxygens (including phenoxy) is 2. The molecule has 0 N–H and O–H groups in total. The van der Waals surface area contributed by atoms with Crippen LogP contribution in [0, 0.1) is 0 Å². The first-order valence-corrected chi connectivity index (χ1v) is 24.2. The van der Waals surface area contributed by atoms with Gasteiger partial charge in [-0.1, -0.05) is 110 Å². The summed E-state index contributed by atoms with van der Waals surface area (Å²) in [5, 5.41) is 1.68. The van der Waals surface area contributed by atoms with Crippen molar-refractivity contribution in [3.8, 4) is 0 Å². The molecular formula is C55H64Cl2N3O2+. The molecule has 324 valence electrons. The fourth-order valence-electron chi connectivity index (χ4n) is 12.1. The summed E-state index contributed by atoms with van der Waals surface area (Å²) in [6.07, 6.45) is 24.9. The molecule has 4 aromatic rings. The Morgan fingerprint density at radius 3 is 2.02 bits per heavy atom. The van der Waals surface area contributed by atoms with Gasteiger partial charge in [0.25, 0.3) is 0 Å². The largest absolute Gasteiger partial charge is 0.385 e. The number of para-hydroxylation sites is 2. The summed E-state index contributed by atoms with van der Waals surface area (Å²) >= 11 is 13.6. The van der Waals surface area contributed by atoms with E-state index in [0.29, 0.717) is 6.04 Å². The number of methoxy groups -OCH3 is 2. The minimum absolute atomic E-state index is 0.0421. The molecule has 0 amide bonds. The lowest BCUT2D eigenvalue weighted by Crippen LogP contribution is -2.46. The molecule has 1 atom stereocenters. The molecule has 4 aromatic carbocycles. The van der Waals surface area contributed by atoms with Crippen molar-refractivity contribution in [1.82, 2.24) is 0 Å². The molecule has 0 radical (unpaired) electrons. The number of hydrogen-bond donors (Lipinski definition) is 0. The van der Waals surface area contributed by atoms with Crippen molar-refractivity contribution in [2.45, 2.75) is 113 Å². The highest BCUT2D eigenvalue weighted by atomic mass is 35.5. The first-order valence-electron chi connectivity index (χ1n) is 23.5. The molecule has 2 spiro atoms. The van der Waals surface area contributed by atoms with Gasteiger partial charge in [0.2, 0.25) is 5.69 Å². The van der Waals surface area contributed by atoms with Crippen LogP contribution in [0.4, 0.5) is 22.7 Å². The Morgan fingerprint density at radius 2 is 1.34 bits per heavy atom. The van der Waals surface area contributed by atoms with Gasteiger partial charge in [0.15, 0.2) is 12.3 Å². The number of fused-ring (bicyclic) bond motifs is 4. The third kappa shape index (κ3) is 8.24. The van der Waals surface area contributed by atoms with E-state index >= 15 is 0 Å². The number of rotatable bonds is 15. The molecule has 2 heterocycles. The maximum Gasteiger partial charge on any atom is 0.209 e. The van der Waals surface area contributed by atoms with E-state index in [9.17, 15) is 0 Å². The fourth-order valence-corrected chi connectivity index (χ4v) is 12.5. The second-order valence-electron chi connectivity index (χ2n) is 18.3. The van der Waals surface area contributed by atoms with Crippen LogP contribution in [0.1, 0.15) is 107 Å². The SMILES string of the molecule is COCCCN1c2ccc(Cl)cc2C2(CCCCC2)C1C/C=C1\CCC(/C=C/C2=[N+](CCCOC)c3ccc(Cl)cc3C23CCCCC3)=C1N(c1ccccc1)c1ccccc1. The van der Waals surface area contributed by atoms with Gasteiger partial charge >= 0.3 is 0 Å². The highest BCUT2D eigenvalue weighted by molar-refractivity contribution is 6.31. The Bertz CT molecular complexity index is 2280. The van der Waals surface area contributed by atoms with Crippen LogP contribution in [0.3, 0.4) is 0 Å². The van der Waals surface area contributed by atoms with E-state index in [1.165, 1.54) is 108 Å². The highest BCUT2D eigenvalue weighted by Gasteiger charge is 2.52. The van der Waals surface area contributed by atoms with Crippen molar-refractivity contribution >= 4 is 51.7 Å². The molecule has 5 nitrogen and oxygen atoms in total. The lowest BCUT2D eigenvalue weighted by atomic mass is 9.65. The van der Waals surface area contributed by atoms with Gasteiger partial charge in [-0.15, -0.1) is 0 Å². The van der Waals surface area contributed by atoms with Gasteiger partial charge in [-0.05, 0) is 123 Å². The van der Waals surface area contributed by atoms with E-state index in [0.717, 1.165) is 81.3 Å². The highest BCUT2D eigenvalue weighted by Crippen LogP contribution is 2.56. The van der Waals surface area contributed by atoms with Gasteiger partial charge in [-0.2, -0.15) is 4.58 Å². The van der Waals surface area contributed by atoms with E-state index in [-0.39, 0.29) is 10.8 Å². The molecule has 5 aliphatic rings. The minimum atomic E-state index is -0.0421. The van der Waals surface area contributed by atoms with Crippen LogP contribution in [-0.4, -0.2) is 56.9 Å². The number of allylic oxidation sites excluding steroid dienone is 4. The van der Waals surface area contributed by atoms with Crippen LogP contribution in [0.15, 0.2) is 132 Å². The molecule has 0 aromatic heterocycles. The third-order valence-electron chi connectivity index (χ3n) is 14.8. The van der Waals surface area contributed by atoms with E-state index in [4.69, 9.17) is 32.7 Å². The zero-order valence-corrected chi connectivity index (χ0v) is 38.4. The van der Waals surface area contributed by atoms with Crippen LogP contribution >= 0.6 is 23.2 Å². The average molecular weight is 870 g/mol. The van der Waals surface area contributed by atoms with E-state index in [2.05, 4.69) is 130 Å². The topological polar surface area (TPSA) is 28.0 Å². The van der Waals surface area contributed by atoms with Crippen LogP contribution in [-0.2, 0) is 20.3 Å². The van der Waals surface area contributed by atoms with Gasteiger partial charge in [0.05, 0.1) is 17.7 Å². The van der Waals surface area contributed by atoms with Gasteiger partial charge in [0.1, 0.15) is 0 Å². The summed E-state index contributed by atoms with van der Waals surface area (Å²) in [5.41, 5.74) is 13.5. The molecule has 7 heteroatoms. The van der Waals surface area contributed by atoms with E-state index in [1.54, 1.807) is 0 Å². The zero-order chi connectivity index (χ0) is 42.5. The van der Waals surface area contributed by atoms with Crippen molar-refractivity contribution in [3.63, 3.8) is 0 Å². The van der Waals surface area contributed by atoms with Crippen molar-refractivity contribution in [3.05, 3.63) is 153 Å². The summed E-state index contributed by atoms with van der Waals surface area (Å²) in [5.74, 6) is 0. The van der Waals surface area contributed by atoms with E-state index in [1.807, 2.05) is 14.2 Å². The Labute approximate surface area is 380 Å². The first kappa shape index (κ1) is 43.1. The predicted octanol–water partition coefficient (Wildman–Crippen LogP) is 14.2. The summed E-state index contributed by atoms with van der Waals surface area (Å²) in [6.45, 7) is 3.39. The Balaban J connectivity index is 1.18. The van der Waals surface area contributed by atoms with Crippen molar-refractivity contribution in [2.75, 3.05) is 50.3 Å².